The van der Waals surface area contributed by atoms with Gasteiger partial charge < -0.3 is 5.32 Å². The number of hydrogen-bond acceptors (Lipinski definition) is 1. The van der Waals surface area contributed by atoms with Crippen molar-refractivity contribution in [3.63, 3.8) is 0 Å². The fourth-order valence-electron chi connectivity index (χ4n) is 2.00. The molecule has 0 atom stereocenters. The molecule has 0 aliphatic carbocycles. The molecule has 17 heavy (non-hydrogen) atoms. The van der Waals surface area contributed by atoms with Crippen molar-refractivity contribution in [2.45, 2.75) is 0 Å². The SMILES string of the molecule is S=C1Nc2ccccc2C1=Cc1ccccc1. The lowest BCUT2D eigenvalue weighted by molar-refractivity contribution is 1.64. The summed E-state index contributed by atoms with van der Waals surface area (Å²) >= 11 is 5.37. The molecular formula is C15H11NS. The highest BCUT2D eigenvalue weighted by molar-refractivity contribution is 7.81. The Morgan fingerprint density at radius 3 is 2.41 bits per heavy atom. The second-order valence-corrected chi connectivity index (χ2v) is 4.38. The summed E-state index contributed by atoms with van der Waals surface area (Å²) in [7, 11) is 0. The minimum absolute atomic E-state index is 0.801. The molecule has 0 radical (unpaired) electrons. The van der Waals surface area contributed by atoms with Crippen molar-refractivity contribution in [1.82, 2.24) is 0 Å². The largest absolute Gasteiger partial charge is 0.346 e. The Labute approximate surface area is 106 Å². The standard InChI is InChI=1S/C15H11NS/c17-15-13(10-11-6-2-1-3-7-11)12-8-4-5-9-14(12)16-15/h1-10H,(H,16,17). The van der Waals surface area contributed by atoms with E-state index in [-0.39, 0.29) is 0 Å². The molecule has 0 saturated heterocycles. The first-order valence-electron chi connectivity index (χ1n) is 5.52. The van der Waals surface area contributed by atoms with Crippen molar-refractivity contribution in [2.24, 2.45) is 0 Å². The highest BCUT2D eigenvalue weighted by atomic mass is 32.1. The van der Waals surface area contributed by atoms with E-state index in [2.05, 4.69) is 29.6 Å². The Morgan fingerprint density at radius 1 is 0.882 bits per heavy atom. The minimum Gasteiger partial charge on any atom is -0.346 e. The van der Waals surface area contributed by atoms with Crippen molar-refractivity contribution in [2.75, 3.05) is 5.32 Å². The van der Waals surface area contributed by atoms with Gasteiger partial charge in [0.1, 0.15) is 4.99 Å². The van der Waals surface area contributed by atoms with Gasteiger partial charge in [-0.15, -0.1) is 0 Å². The molecule has 1 N–H and O–H groups in total. The maximum absolute atomic E-state index is 5.37. The minimum atomic E-state index is 0.801. The number of nitrogens with one attached hydrogen (secondary N) is 1. The van der Waals surface area contributed by atoms with E-state index in [1.807, 2.05) is 36.4 Å². The summed E-state index contributed by atoms with van der Waals surface area (Å²) in [5.41, 5.74) is 4.55. The van der Waals surface area contributed by atoms with Crippen molar-refractivity contribution in [1.29, 1.82) is 0 Å². The first-order chi connectivity index (χ1) is 8.34. The quantitative estimate of drug-likeness (QED) is 0.594. The number of para-hydroxylation sites is 1. The Hall–Kier alpha value is -1.93. The normalized spacial score (nSPS) is 15.8. The average Bonchev–Trinajstić information content (AvgIpc) is 2.68. The second kappa shape index (κ2) is 4.15. The average molecular weight is 237 g/mol. The molecule has 2 aromatic rings. The molecule has 0 fully saturated rings. The molecule has 82 valence electrons. The van der Waals surface area contributed by atoms with E-state index < -0.39 is 0 Å². The van der Waals surface area contributed by atoms with E-state index in [1.165, 1.54) is 11.1 Å². The Kier molecular flexibility index (Phi) is 2.50. The highest BCUT2D eigenvalue weighted by Gasteiger charge is 2.19. The van der Waals surface area contributed by atoms with Crippen LogP contribution < -0.4 is 5.32 Å². The van der Waals surface area contributed by atoms with Crippen LogP contribution in [0.3, 0.4) is 0 Å². The summed E-state index contributed by atoms with van der Waals surface area (Å²) in [4.78, 5) is 0.801. The molecule has 0 bridgehead atoms. The molecule has 1 heterocycles. The van der Waals surface area contributed by atoms with Gasteiger partial charge in [-0.2, -0.15) is 0 Å². The Balaban J connectivity index is 2.10. The molecule has 0 saturated carbocycles. The number of thiocarbonyl (C=S) groups is 1. The molecule has 0 aromatic heterocycles. The number of rotatable bonds is 1. The summed E-state index contributed by atoms with van der Waals surface area (Å²) < 4.78 is 0. The van der Waals surface area contributed by atoms with E-state index in [0.717, 1.165) is 16.2 Å². The van der Waals surface area contributed by atoms with Gasteiger partial charge in [0.25, 0.3) is 0 Å². The highest BCUT2D eigenvalue weighted by Crippen LogP contribution is 2.33. The summed E-state index contributed by atoms with van der Waals surface area (Å²) in [6.07, 6.45) is 2.13. The van der Waals surface area contributed by atoms with Crippen LogP contribution in [0.15, 0.2) is 54.6 Å². The van der Waals surface area contributed by atoms with Crippen molar-refractivity contribution < 1.29 is 0 Å². The molecule has 2 heteroatoms. The molecule has 0 unspecified atom stereocenters. The predicted octanol–water partition coefficient (Wildman–Crippen LogP) is 3.98. The molecule has 3 rings (SSSR count). The topological polar surface area (TPSA) is 12.0 Å². The van der Waals surface area contributed by atoms with Crippen LogP contribution in [-0.2, 0) is 0 Å². The van der Waals surface area contributed by atoms with Crippen molar-refractivity contribution >= 4 is 34.5 Å². The molecule has 0 amide bonds. The van der Waals surface area contributed by atoms with Crippen LogP contribution in [0.5, 0.6) is 0 Å². The number of benzene rings is 2. The van der Waals surface area contributed by atoms with E-state index in [0.29, 0.717) is 0 Å². The molecule has 1 aliphatic heterocycles. The fraction of sp³-hybridized carbons (Fsp3) is 0. The number of fused-ring (bicyclic) bond motifs is 1. The van der Waals surface area contributed by atoms with Crippen LogP contribution in [0.2, 0.25) is 0 Å². The predicted molar refractivity (Wildman–Crippen MR) is 77.0 cm³/mol. The van der Waals surface area contributed by atoms with Gasteiger partial charge in [0, 0.05) is 16.8 Å². The lowest BCUT2D eigenvalue weighted by Crippen LogP contribution is -2.00. The zero-order chi connectivity index (χ0) is 11.7. The van der Waals surface area contributed by atoms with Crippen molar-refractivity contribution in [3.8, 4) is 0 Å². The summed E-state index contributed by atoms with van der Waals surface area (Å²) in [5.74, 6) is 0. The smallest absolute Gasteiger partial charge is 0.111 e. The lowest BCUT2D eigenvalue weighted by atomic mass is 10.0. The van der Waals surface area contributed by atoms with E-state index in [1.54, 1.807) is 0 Å². The van der Waals surface area contributed by atoms with Crippen LogP contribution in [-0.4, -0.2) is 4.99 Å². The van der Waals surface area contributed by atoms with Gasteiger partial charge >= 0.3 is 0 Å². The first-order valence-corrected chi connectivity index (χ1v) is 5.93. The van der Waals surface area contributed by atoms with Gasteiger partial charge in [-0.05, 0) is 17.7 Å². The summed E-state index contributed by atoms with van der Waals surface area (Å²) in [6, 6.07) is 18.4. The molecule has 0 spiro atoms. The molecule has 2 aromatic carbocycles. The Morgan fingerprint density at radius 2 is 1.59 bits per heavy atom. The zero-order valence-corrected chi connectivity index (χ0v) is 10.00. The number of anilines is 1. The molecular weight excluding hydrogens is 226 g/mol. The van der Waals surface area contributed by atoms with Crippen LogP contribution in [0, 0.1) is 0 Å². The molecule has 1 nitrogen and oxygen atoms in total. The van der Waals surface area contributed by atoms with Gasteiger partial charge in [0.05, 0.1) is 0 Å². The van der Waals surface area contributed by atoms with E-state index in [9.17, 15) is 0 Å². The van der Waals surface area contributed by atoms with Crippen LogP contribution in [0.1, 0.15) is 11.1 Å². The zero-order valence-electron chi connectivity index (χ0n) is 9.18. The monoisotopic (exact) mass is 237 g/mol. The van der Waals surface area contributed by atoms with Gasteiger partial charge in [-0.3, -0.25) is 0 Å². The van der Waals surface area contributed by atoms with Crippen LogP contribution >= 0.6 is 12.2 Å². The van der Waals surface area contributed by atoms with Gasteiger partial charge in [-0.1, -0.05) is 60.7 Å². The van der Waals surface area contributed by atoms with Crippen LogP contribution in [0.25, 0.3) is 11.6 Å². The maximum Gasteiger partial charge on any atom is 0.111 e. The third kappa shape index (κ3) is 1.87. The van der Waals surface area contributed by atoms with Gasteiger partial charge in [0.15, 0.2) is 0 Å². The Bertz CT molecular complexity index is 599. The van der Waals surface area contributed by atoms with Gasteiger partial charge in [0.2, 0.25) is 0 Å². The van der Waals surface area contributed by atoms with E-state index in [4.69, 9.17) is 12.2 Å². The first kappa shape index (κ1) is 10.2. The third-order valence-corrected chi connectivity index (χ3v) is 3.14. The van der Waals surface area contributed by atoms with E-state index >= 15 is 0 Å². The summed E-state index contributed by atoms with van der Waals surface area (Å²) in [6.45, 7) is 0. The second-order valence-electron chi connectivity index (χ2n) is 3.97. The third-order valence-electron chi connectivity index (χ3n) is 2.82. The van der Waals surface area contributed by atoms with Gasteiger partial charge in [-0.25, -0.2) is 0 Å². The summed E-state index contributed by atoms with van der Waals surface area (Å²) in [5, 5.41) is 3.23. The lowest BCUT2D eigenvalue weighted by Gasteiger charge is -1.99. The van der Waals surface area contributed by atoms with Crippen LogP contribution in [0.4, 0.5) is 5.69 Å². The number of hydrogen-bond donors (Lipinski definition) is 1. The maximum atomic E-state index is 5.37. The molecule has 1 aliphatic rings. The van der Waals surface area contributed by atoms with Crippen molar-refractivity contribution in [3.05, 3.63) is 65.7 Å². The fourth-order valence-corrected chi connectivity index (χ4v) is 2.28.